The number of rotatable bonds is 4. The molecule has 24 heavy (non-hydrogen) atoms. The molecule has 1 aliphatic rings. The largest absolute Gasteiger partial charge is 0.397 e. The van der Waals surface area contributed by atoms with Gasteiger partial charge in [-0.15, -0.1) is 13.2 Å². The highest BCUT2D eigenvalue weighted by molar-refractivity contribution is 7.72. The molecule has 3 rings (SSSR count). The predicted molar refractivity (Wildman–Crippen MR) is 97.9 cm³/mol. The van der Waals surface area contributed by atoms with Gasteiger partial charge in [0.15, 0.2) is 11.9 Å². The summed E-state index contributed by atoms with van der Waals surface area (Å²) in [6.45, 7) is 4.86. The van der Waals surface area contributed by atoms with E-state index in [1.165, 1.54) is 0 Å². The molecule has 7 nitrogen and oxygen atoms in total. The second-order valence-corrected chi connectivity index (χ2v) is 11.7. The Hall–Kier alpha value is -1.40. The molecule has 0 radical (unpaired) electrons. The lowest BCUT2D eigenvalue weighted by atomic mass is 9.95. The van der Waals surface area contributed by atoms with Crippen LogP contribution < -0.4 is 5.73 Å². The first kappa shape index (κ1) is 17.4. The van der Waals surface area contributed by atoms with E-state index in [1.54, 1.807) is 23.2 Å². The molecule has 3 heterocycles. The number of fused-ring (bicyclic) bond motifs is 1. The monoisotopic (exact) mass is 352 g/mol. The number of nitrogens with two attached hydrogens (primary N) is 1. The molecule has 8 heteroatoms. The number of ether oxygens (including phenoxy) is 1. The number of aromatic nitrogens is 3. The van der Waals surface area contributed by atoms with Crippen molar-refractivity contribution in [1.29, 1.82) is 0 Å². The molecule has 1 aliphatic heterocycles. The average molecular weight is 352 g/mol. The van der Waals surface area contributed by atoms with Gasteiger partial charge in [-0.05, 0) is 38.9 Å². The first-order valence-corrected chi connectivity index (χ1v) is 11.0. The van der Waals surface area contributed by atoms with Crippen molar-refractivity contribution >= 4 is 30.0 Å². The van der Waals surface area contributed by atoms with E-state index in [4.69, 9.17) is 10.5 Å². The zero-order valence-electron chi connectivity index (χ0n) is 14.3. The Kier molecular flexibility index (Phi) is 4.24. The molecule has 4 N–H and O–H groups in total. The third-order valence-electron chi connectivity index (χ3n) is 4.61. The van der Waals surface area contributed by atoms with E-state index in [0.717, 1.165) is 6.16 Å². The molecule has 1 unspecified atom stereocenters. The third kappa shape index (κ3) is 2.97. The minimum atomic E-state index is -1.25. The SMILES string of the molecule is C=P(C)(C)CC[C@@]1(C)OC(n2cnc3c(N)ccnc32)[C@H](O)[C@@H]1O. The number of nitrogen functional groups attached to an aromatic ring is 1. The van der Waals surface area contributed by atoms with Gasteiger partial charge in [-0.2, -0.15) is 0 Å². The minimum absolute atomic E-state index is 0.512. The van der Waals surface area contributed by atoms with Crippen molar-refractivity contribution in [2.75, 3.05) is 25.2 Å². The molecular weight excluding hydrogens is 327 g/mol. The van der Waals surface area contributed by atoms with Crippen LogP contribution in [0.1, 0.15) is 19.6 Å². The van der Waals surface area contributed by atoms with E-state index < -0.39 is 30.9 Å². The summed E-state index contributed by atoms with van der Waals surface area (Å²) in [5.74, 6) is 0. The standard InChI is InChI=1S/C16H25N4O3P/c1-16(6-8-24(2,3)4)13(22)12(21)15(23-16)20-9-19-11-10(17)5-7-18-14(11)20/h5,7,9,12-13,15,21-22H,2,6,8H2,1,3-4H3,(H2,17,18)/t12-,13+,15?,16-/m1/s1. The summed E-state index contributed by atoms with van der Waals surface area (Å²) in [6, 6.07) is 1.67. The van der Waals surface area contributed by atoms with Crippen LogP contribution in [-0.2, 0) is 4.74 Å². The molecule has 0 bridgehead atoms. The van der Waals surface area contributed by atoms with Gasteiger partial charge in [-0.25, -0.2) is 9.97 Å². The first-order valence-electron chi connectivity index (χ1n) is 7.91. The maximum atomic E-state index is 10.5. The summed E-state index contributed by atoms with van der Waals surface area (Å²) in [6.07, 6.45) is 6.01. The Morgan fingerprint density at radius 1 is 1.42 bits per heavy atom. The fourth-order valence-electron chi connectivity index (χ4n) is 3.02. The van der Waals surface area contributed by atoms with E-state index in [-0.39, 0.29) is 0 Å². The maximum Gasteiger partial charge on any atom is 0.166 e. The number of imidazole rings is 1. The highest BCUT2D eigenvalue weighted by Gasteiger charge is 2.51. The zero-order valence-corrected chi connectivity index (χ0v) is 15.1. The molecule has 4 atom stereocenters. The van der Waals surface area contributed by atoms with Crippen LogP contribution in [0.3, 0.4) is 0 Å². The summed E-state index contributed by atoms with van der Waals surface area (Å²) < 4.78 is 7.73. The average Bonchev–Trinajstić information content (AvgIpc) is 3.02. The van der Waals surface area contributed by atoms with Gasteiger partial charge in [0.05, 0.1) is 17.6 Å². The van der Waals surface area contributed by atoms with E-state index in [2.05, 4.69) is 29.6 Å². The normalized spacial score (nSPS) is 31.0. The molecule has 0 saturated carbocycles. The molecule has 2 aromatic heterocycles. The second-order valence-electron chi connectivity index (χ2n) is 7.39. The fourth-order valence-corrected chi connectivity index (χ4v) is 4.07. The lowest BCUT2D eigenvalue weighted by molar-refractivity contribution is -0.0925. The number of hydrogen-bond acceptors (Lipinski definition) is 6. The van der Waals surface area contributed by atoms with Crippen LogP contribution in [0, 0.1) is 0 Å². The summed E-state index contributed by atoms with van der Waals surface area (Å²) in [7, 11) is 0. The number of aliphatic hydroxyl groups excluding tert-OH is 2. The lowest BCUT2D eigenvalue weighted by Crippen LogP contribution is -2.41. The summed E-state index contributed by atoms with van der Waals surface area (Å²) in [4.78, 5) is 8.54. The first-order chi connectivity index (χ1) is 11.1. The Bertz CT molecular complexity index is 802. The number of hydrogen-bond donors (Lipinski definition) is 3. The Labute approximate surface area is 141 Å². The van der Waals surface area contributed by atoms with Crippen molar-refractivity contribution in [1.82, 2.24) is 14.5 Å². The predicted octanol–water partition coefficient (Wildman–Crippen LogP) is 1.12. The van der Waals surface area contributed by atoms with E-state index in [0.29, 0.717) is 23.3 Å². The number of aliphatic hydroxyl groups is 2. The van der Waals surface area contributed by atoms with Gasteiger partial charge >= 0.3 is 0 Å². The van der Waals surface area contributed by atoms with Crippen LogP contribution >= 0.6 is 6.89 Å². The summed E-state index contributed by atoms with van der Waals surface area (Å²) in [5, 5.41) is 21.1. The smallest absolute Gasteiger partial charge is 0.166 e. The Morgan fingerprint density at radius 2 is 2.12 bits per heavy atom. The van der Waals surface area contributed by atoms with Gasteiger partial charge in [0.25, 0.3) is 0 Å². The number of anilines is 1. The van der Waals surface area contributed by atoms with Gasteiger partial charge in [-0.1, -0.05) is 0 Å². The van der Waals surface area contributed by atoms with Crippen molar-refractivity contribution in [2.45, 2.75) is 37.4 Å². The molecule has 132 valence electrons. The third-order valence-corrected chi connectivity index (χ3v) is 6.05. The van der Waals surface area contributed by atoms with Crippen molar-refractivity contribution in [3.05, 3.63) is 18.6 Å². The Morgan fingerprint density at radius 3 is 2.79 bits per heavy atom. The molecule has 1 fully saturated rings. The van der Waals surface area contributed by atoms with Crippen molar-refractivity contribution in [3.63, 3.8) is 0 Å². The van der Waals surface area contributed by atoms with Crippen molar-refractivity contribution in [3.8, 4) is 0 Å². The van der Waals surface area contributed by atoms with E-state index in [9.17, 15) is 10.2 Å². The summed E-state index contributed by atoms with van der Waals surface area (Å²) >= 11 is 0. The number of pyridine rings is 1. The van der Waals surface area contributed by atoms with Gasteiger partial charge in [0.2, 0.25) is 0 Å². The topological polar surface area (TPSA) is 106 Å². The van der Waals surface area contributed by atoms with E-state index >= 15 is 0 Å². The molecule has 0 aliphatic carbocycles. The van der Waals surface area contributed by atoms with Gasteiger partial charge in [0, 0.05) is 6.20 Å². The lowest BCUT2D eigenvalue weighted by Gasteiger charge is -2.29. The molecule has 0 spiro atoms. The fraction of sp³-hybridized carbons (Fsp3) is 0.562. The molecule has 0 amide bonds. The summed E-state index contributed by atoms with van der Waals surface area (Å²) in [5.41, 5.74) is 6.67. The van der Waals surface area contributed by atoms with Crippen molar-refractivity contribution in [2.24, 2.45) is 0 Å². The zero-order chi connectivity index (χ0) is 17.7. The molecular formula is C16H25N4O3P. The molecule has 0 aromatic carbocycles. The van der Waals surface area contributed by atoms with Gasteiger partial charge in [0.1, 0.15) is 17.7 Å². The Balaban J connectivity index is 1.92. The van der Waals surface area contributed by atoms with Crippen LogP contribution in [0.15, 0.2) is 18.6 Å². The van der Waals surface area contributed by atoms with Crippen LogP contribution in [0.4, 0.5) is 5.69 Å². The molecule has 2 aromatic rings. The maximum absolute atomic E-state index is 10.5. The minimum Gasteiger partial charge on any atom is -0.397 e. The van der Waals surface area contributed by atoms with E-state index in [1.807, 2.05) is 6.92 Å². The second kappa shape index (κ2) is 5.85. The van der Waals surface area contributed by atoms with Crippen molar-refractivity contribution < 1.29 is 14.9 Å². The van der Waals surface area contributed by atoms with Crippen LogP contribution in [0.5, 0.6) is 0 Å². The molecule has 1 saturated heterocycles. The number of nitrogens with zero attached hydrogens (tertiary/aromatic N) is 3. The van der Waals surface area contributed by atoms with Crippen LogP contribution in [-0.4, -0.2) is 68.3 Å². The quantitative estimate of drug-likeness (QED) is 0.712. The van der Waals surface area contributed by atoms with Crippen LogP contribution in [0.25, 0.3) is 11.2 Å². The highest BCUT2D eigenvalue weighted by atomic mass is 31.2. The highest BCUT2D eigenvalue weighted by Crippen LogP contribution is 2.44. The van der Waals surface area contributed by atoms with Gasteiger partial charge in [-0.3, -0.25) is 4.57 Å². The van der Waals surface area contributed by atoms with Gasteiger partial charge < -0.3 is 20.7 Å². The van der Waals surface area contributed by atoms with Crippen LogP contribution in [0.2, 0.25) is 0 Å².